The van der Waals surface area contributed by atoms with Gasteiger partial charge in [0, 0.05) is 34.7 Å². The van der Waals surface area contributed by atoms with Gasteiger partial charge in [-0.3, -0.25) is 14.4 Å². The highest BCUT2D eigenvalue weighted by Crippen LogP contribution is 2.73. The molecule has 0 spiro atoms. The highest BCUT2D eigenvalue weighted by Gasteiger charge is 2.73. The summed E-state index contributed by atoms with van der Waals surface area (Å²) in [5, 5.41) is 12.7. The Hall–Kier alpha value is -2.40. The van der Waals surface area contributed by atoms with Crippen LogP contribution in [0.25, 0.3) is 0 Å². The van der Waals surface area contributed by atoms with E-state index in [9.17, 15) is 28.4 Å². The van der Waals surface area contributed by atoms with Gasteiger partial charge in [0.25, 0.3) is 5.91 Å². The van der Waals surface area contributed by atoms with Crippen molar-refractivity contribution in [1.82, 2.24) is 5.32 Å². The molecule has 41 heavy (non-hydrogen) atoms. The third-order valence-electron chi connectivity index (χ3n) is 13.1. The molecule has 0 saturated heterocycles. The number of carbonyl (C=O) groups excluding carboxylic acids is 3. The molecule has 8 heteroatoms. The molecule has 5 aliphatic rings. The molecule has 0 bridgehead atoms. The lowest BCUT2D eigenvalue weighted by atomic mass is 9.33. The van der Waals surface area contributed by atoms with Crippen LogP contribution in [0.4, 0.5) is 8.78 Å². The molecule has 7 atom stereocenters. The number of nitrogens with two attached hydrogens (primary N) is 1. The SMILES string of the molecule is CC1(C)CCC2(NC(=O)C(C)(F)F)CC[C@]3(C)C(C(=O)C=C4[C@@]5(C)C=C(C#N)C(=O)C(C)(C)[C@]5(N)CC[C@]43C)[C@@H]2C1. The third-order valence-corrected chi connectivity index (χ3v) is 13.1. The maximum atomic E-state index is 14.5. The number of carbonyl (C=O) groups is 3. The maximum Gasteiger partial charge on any atom is 0.321 e. The first kappa shape index (κ1) is 30.1. The number of nitrogens with one attached hydrogen (secondary N) is 1. The fraction of sp³-hybridized carbons (Fsp3) is 0.758. The number of allylic oxidation sites excluding steroid dienone is 2. The van der Waals surface area contributed by atoms with Gasteiger partial charge >= 0.3 is 5.92 Å². The first-order valence-electron chi connectivity index (χ1n) is 15.0. The van der Waals surface area contributed by atoms with Crippen LogP contribution in [-0.4, -0.2) is 34.5 Å². The number of nitriles is 1. The van der Waals surface area contributed by atoms with E-state index in [0.29, 0.717) is 45.4 Å². The molecule has 0 aromatic carbocycles. The van der Waals surface area contributed by atoms with Crippen molar-refractivity contribution < 1.29 is 23.2 Å². The summed E-state index contributed by atoms with van der Waals surface area (Å²) in [6.45, 7) is 14.8. The smallest absolute Gasteiger partial charge is 0.321 e. The van der Waals surface area contributed by atoms with Crippen molar-refractivity contribution in [2.45, 2.75) is 117 Å². The minimum atomic E-state index is -3.51. The fourth-order valence-corrected chi connectivity index (χ4v) is 10.1. The molecule has 0 aromatic heterocycles. The van der Waals surface area contributed by atoms with Crippen LogP contribution in [0, 0.1) is 50.2 Å². The van der Waals surface area contributed by atoms with Crippen LogP contribution in [0.1, 0.15) is 100 Å². The first-order chi connectivity index (χ1) is 18.6. The Morgan fingerprint density at radius 2 is 1.63 bits per heavy atom. The molecular formula is C33H45F2N3O3. The van der Waals surface area contributed by atoms with Crippen molar-refractivity contribution in [1.29, 1.82) is 5.26 Å². The topological polar surface area (TPSA) is 113 Å². The van der Waals surface area contributed by atoms with Gasteiger partial charge in [-0.1, -0.05) is 54.5 Å². The Kier molecular flexibility index (Phi) is 6.13. The zero-order chi connectivity index (χ0) is 30.8. The number of hydrogen-bond acceptors (Lipinski definition) is 5. The summed E-state index contributed by atoms with van der Waals surface area (Å²) in [7, 11) is 0. The number of fused-ring (bicyclic) bond motifs is 7. The largest absolute Gasteiger partial charge is 0.345 e. The van der Waals surface area contributed by atoms with Gasteiger partial charge in [-0.2, -0.15) is 14.0 Å². The number of halogens is 2. The molecule has 0 aromatic rings. The van der Waals surface area contributed by atoms with E-state index in [-0.39, 0.29) is 28.5 Å². The quantitative estimate of drug-likeness (QED) is 0.436. The van der Waals surface area contributed by atoms with Gasteiger partial charge in [-0.05, 0) is 78.8 Å². The van der Waals surface area contributed by atoms with Gasteiger partial charge < -0.3 is 11.1 Å². The number of hydrogen-bond donors (Lipinski definition) is 2. The summed E-state index contributed by atoms with van der Waals surface area (Å²) in [6.07, 6.45) is 7.66. The van der Waals surface area contributed by atoms with Crippen LogP contribution in [0.3, 0.4) is 0 Å². The second kappa shape index (κ2) is 8.36. The van der Waals surface area contributed by atoms with Crippen molar-refractivity contribution in [3.63, 3.8) is 0 Å². The Morgan fingerprint density at radius 1 is 1.02 bits per heavy atom. The third kappa shape index (κ3) is 3.63. The molecule has 3 fully saturated rings. The summed E-state index contributed by atoms with van der Waals surface area (Å²) < 4.78 is 28.4. The van der Waals surface area contributed by atoms with Crippen molar-refractivity contribution in [3.05, 3.63) is 23.3 Å². The predicted molar refractivity (Wildman–Crippen MR) is 151 cm³/mol. The number of ketones is 2. The summed E-state index contributed by atoms with van der Waals surface area (Å²) in [6, 6.07) is 2.09. The standard InChI is InChI=1S/C33H45F2N3O3/c1-26(2)9-12-32(38-25(41)31(8,34)35)13-10-29(6)23(20(32)17-26)21(39)15-22-28(29,5)11-14-33(37)27(3,4)24(40)19(18-36)16-30(22,33)7/h15-16,20,23H,9-14,17,37H2,1-8H3,(H,38,41)/t20-,23?,28+,29+,30+,32?,33+/m0/s1. The molecule has 0 heterocycles. The average molecular weight is 570 g/mol. The summed E-state index contributed by atoms with van der Waals surface area (Å²) in [5.41, 5.74) is 3.20. The van der Waals surface area contributed by atoms with Crippen LogP contribution in [0.5, 0.6) is 0 Å². The zero-order valence-electron chi connectivity index (χ0n) is 25.8. The predicted octanol–water partition coefficient (Wildman–Crippen LogP) is 5.81. The number of nitrogens with zero attached hydrogens (tertiary/aromatic N) is 1. The molecule has 5 aliphatic carbocycles. The lowest BCUT2D eigenvalue weighted by Crippen LogP contribution is -2.75. The Morgan fingerprint density at radius 3 is 2.22 bits per heavy atom. The fourth-order valence-electron chi connectivity index (χ4n) is 10.1. The Bertz CT molecular complexity index is 1350. The van der Waals surface area contributed by atoms with Crippen LogP contribution >= 0.6 is 0 Å². The normalized spacial score (nSPS) is 44.6. The van der Waals surface area contributed by atoms with Gasteiger partial charge in [0.2, 0.25) is 0 Å². The van der Waals surface area contributed by atoms with Crippen molar-refractivity contribution in [3.8, 4) is 6.07 Å². The Balaban J connectivity index is 1.69. The van der Waals surface area contributed by atoms with Crippen LogP contribution in [0.15, 0.2) is 23.3 Å². The van der Waals surface area contributed by atoms with E-state index in [1.54, 1.807) is 12.2 Å². The lowest BCUT2D eigenvalue weighted by molar-refractivity contribution is -0.170. The highest BCUT2D eigenvalue weighted by molar-refractivity contribution is 6.05. The van der Waals surface area contributed by atoms with E-state index in [4.69, 9.17) is 5.73 Å². The number of alkyl halides is 2. The molecule has 224 valence electrons. The molecule has 1 amide bonds. The minimum absolute atomic E-state index is 0.0725. The Labute approximate surface area is 242 Å². The van der Waals surface area contributed by atoms with Gasteiger partial charge in [0.15, 0.2) is 11.6 Å². The second-order valence-corrected chi connectivity index (χ2v) is 16.0. The number of Topliss-reactive ketones (excluding diaryl/α,β-unsaturated/α-hetero) is 1. The van der Waals surface area contributed by atoms with E-state index in [1.807, 2.05) is 20.8 Å². The molecule has 2 unspecified atom stereocenters. The second-order valence-electron chi connectivity index (χ2n) is 16.0. The van der Waals surface area contributed by atoms with Crippen molar-refractivity contribution >= 4 is 17.5 Å². The molecule has 6 nitrogen and oxygen atoms in total. The van der Waals surface area contributed by atoms with E-state index in [1.165, 1.54) is 0 Å². The molecule has 0 radical (unpaired) electrons. The van der Waals surface area contributed by atoms with E-state index in [2.05, 4.69) is 39.1 Å². The average Bonchev–Trinajstić information content (AvgIpc) is 2.85. The van der Waals surface area contributed by atoms with E-state index in [0.717, 1.165) is 12.0 Å². The molecule has 0 aliphatic heterocycles. The van der Waals surface area contributed by atoms with E-state index < -0.39 is 50.5 Å². The highest BCUT2D eigenvalue weighted by atomic mass is 19.3. The van der Waals surface area contributed by atoms with Gasteiger partial charge in [-0.25, -0.2) is 0 Å². The monoisotopic (exact) mass is 569 g/mol. The lowest BCUT2D eigenvalue weighted by Gasteiger charge is -2.71. The zero-order valence-corrected chi connectivity index (χ0v) is 25.8. The first-order valence-corrected chi connectivity index (χ1v) is 15.0. The van der Waals surface area contributed by atoms with Crippen molar-refractivity contribution in [2.24, 2.45) is 44.6 Å². The van der Waals surface area contributed by atoms with E-state index >= 15 is 0 Å². The van der Waals surface area contributed by atoms with Gasteiger partial charge in [0.1, 0.15) is 6.07 Å². The van der Waals surface area contributed by atoms with Crippen LogP contribution in [0.2, 0.25) is 0 Å². The maximum absolute atomic E-state index is 14.5. The summed E-state index contributed by atoms with van der Waals surface area (Å²) in [4.78, 5) is 40.5. The number of amides is 1. The van der Waals surface area contributed by atoms with Crippen molar-refractivity contribution in [2.75, 3.05) is 0 Å². The van der Waals surface area contributed by atoms with Gasteiger partial charge in [-0.15, -0.1) is 0 Å². The molecular weight excluding hydrogens is 524 g/mol. The minimum Gasteiger partial charge on any atom is -0.345 e. The van der Waals surface area contributed by atoms with Crippen LogP contribution < -0.4 is 11.1 Å². The summed E-state index contributed by atoms with van der Waals surface area (Å²) >= 11 is 0. The summed E-state index contributed by atoms with van der Waals surface area (Å²) in [5.74, 6) is -5.91. The molecule has 5 rings (SSSR count). The van der Waals surface area contributed by atoms with Crippen LogP contribution in [-0.2, 0) is 14.4 Å². The molecule has 3 N–H and O–H groups in total. The number of rotatable bonds is 2. The van der Waals surface area contributed by atoms with Gasteiger partial charge in [0.05, 0.1) is 5.57 Å². The molecule has 3 saturated carbocycles.